The Kier molecular flexibility index (Phi) is 4.85. The molecule has 1 aliphatic rings. The molecule has 0 fully saturated rings. The zero-order valence-corrected chi connectivity index (χ0v) is 14.9. The van der Waals surface area contributed by atoms with Crippen LogP contribution in [0.1, 0.15) is 30.1 Å². The van der Waals surface area contributed by atoms with E-state index in [1.165, 1.54) is 0 Å². The molecule has 2 aromatic rings. The average molecular weight is 373 g/mol. The number of nitrogens with zero attached hydrogens (tertiary/aromatic N) is 3. The first-order valence-electron chi connectivity index (χ1n) is 7.38. The molecule has 0 bridgehead atoms. The van der Waals surface area contributed by atoms with Crippen molar-refractivity contribution in [2.24, 2.45) is 0 Å². The number of ether oxygens (including phenoxy) is 1. The maximum atomic E-state index is 6.47. The summed E-state index contributed by atoms with van der Waals surface area (Å²) in [5.41, 5.74) is 0.832. The topological polar surface area (TPSA) is 39.9 Å². The number of hydrogen-bond donors (Lipinski definition) is 0. The summed E-state index contributed by atoms with van der Waals surface area (Å²) in [6.07, 6.45) is 3.23. The first kappa shape index (κ1) is 16.6. The SMILES string of the molecule is C=CCOc1c(Cl)cc(Cl)c(Cl)c1C1Cc2nnc(CC)n2C1. The minimum Gasteiger partial charge on any atom is -0.488 e. The van der Waals surface area contributed by atoms with Crippen LogP contribution in [0.3, 0.4) is 0 Å². The summed E-state index contributed by atoms with van der Waals surface area (Å²) in [6.45, 7) is 6.83. The van der Waals surface area contributed by atoms with Crippen molar-refractivity contribution in [3.8, 4) is 5.75 Å². The van der Waals surface area contributed by atoms with Gasteiger partial charge in [0.05, 0.1) is 15.1 Å². The second-order valence-electron chi connectivity index (χ2n) is 5.39. The summed E-state index contributed by atoms with van der Waals surface area (Å²) < 4.78 is 7.89. The highest BCUT2D eigenvalue weighted by molar-refractivity contribution is 6.44. The lowest BCUT2D eigenvalue weighted by Gasteiger charge is -2.19. The van der Waals surface area contributed by atoms with Gasteiger partial charge in [0.25, 0.3) is 0 Å². The highest BCUT2D eigenvalue weighted by Crippen LogP contribution is 2.46. The van der Waals surface area contributed by atoms with Gasteiger partial charge >= 0.3 is 0 Å². The summed E-state index contributed by atoms with van der Waals surface area (Å²) in [4.78, 5) is 0. The van der Waals surface area contributed by atoms with Crippen molar-refractivity contribution in [1.82, 2.24) is 14.8 Å². The molecule has 1 aromatic heterocycles. The van der Waals surface area contributed by atoms with E-state index in [9.17, 15) is 0 Å². The van der Waals surface area contributed by atoms with Crippen molar-refractivity contribution in [2.45, 2.75) is 32.2 Å². The molecule has 1 atom stereocenters. The Labute approximate surface area is 150 Å². The molecular weight excluding hydrogens is 357 g/mol. The van der Waals surface area contributed by atoms with E-state index in [1.807, 2.05) is 0 Å². The lowest BCUT2D eigenvalue weighted by molar-refractivity contribution is 0.356. The van der Waals surface area contributed by atoms with Gasteiger partial charge in [-0.05, 0) is 6.07 Å². The van der Waals surface area contributed by atoms with Crippen molar-refractivity contribution < 1.29 is 4.74 Å². The van der Waals surface area contributed by atoms with Gasteiger partial charge in [-0.25, -0.2) is 0 Å². The number of aromatic nitrogens is 3. The summed E-state index contributed by atoms with van der Waals surface area (Å²) in [5.74, 6) is 2.60. The second-order valence-corrected chi connectivity index (χ2v) is 6.59. The van der Waals surface area contributed by atoms with Crippen molar-refractivity contribution in [3.05, 3.63) is 51.0 Å². The molecule has 0 N–H and O–H groups in total. The van der Waals surface area contributed by atoms with Crippen molar-refractivity contribution in [1.29, 1.82) is 0 Å². The van der Waals surface area contributed by atoms with Gasteiger partial charge in [0.1, 0.15) is 24.0 Å². The van der Waals surface area contributed by atoms with E-state index < -0.39 is 0 Å². The van der Waals surface area contributed by atoms with E-state index in [4.69, 9.17) is 39.5 Å². The predicted molar refractivity (Wildman–Crippen MR) is 93.0 cm³/mol. The van der Waals surface area contributed by atoms with Crippen LogP contribution in [0.15, 0.2) is 18.7 Å². The molecular formula is C16H16Cl3N3O. The number of fused-ring (bicyclic) bond motifs is 1. The smallest absolute Gasteiger partial charge is 0.143 e. The number of benzene rings is 1. The third-order valence-electron chi connectivity index (χ3n) is 3.97. The Morgan fingerprint density at radius 2 is 2.13 bits per heavy atom. The van der Waals surface area contributed by atoms with Gasteiger partial charge in [-0.1, -0.05) is 54.4 Å². The Morgan fingerprint density at radius 3 is 2.83 bits per heavy atom. The number of hydrogen-bond acceptors (Lipinski definition) is 3. The number of halogens is 3. The van der Waals surface area contributed by atoms with Crippen LogP contribution in [-0.2, 0) is 19.4 Å². The van der Waals surface area contributed by atoms with Crippen LogP contribution < -0.4 is 4.74 Å². The lowest BCUT2D eigenvalue weighted by Crippen LogP contribution is -2.08. The molecule has 0 saturated heterocycles. The highest BCUT2D eigenvalue weighted by atomic mass is 35.5. The Balaban J connectivity index is 2.02. The zero-order valence-electron chi connectivity index (χ0n) is 12.7. The van der Waals surface area contributed by atoms with Crippen LogP contribution in [0, 0.1) is 0 Å². The van der Waals surface area contributed by atoms with Crippen LogP contribution in [0.4, 0.5) is 0 Å². The van der Waals surface area contributed by atoms with Gasteiger partial charge in [0.15, 0.2) is 0 Å². The Hall–Kier alpha value is -1.23. The molecule has 1 unspecified atom stereocenters. The van der Waals surface area contributed by atoms with Crippen LogP contribution in [0.5, 0.6) is 5.75 Å². The van der Waals surface area contributed by atoms with Gasteiger partial charge in [-0.15, -0.1) is 10.2 Å². The van der Waals surface area contributed by atoms with Gasteiger partial charge in [0, 0.05) is 30.9 Å². The zero-order chi connectivity index (χ0) is 16.6. The lowest BCUT2D eigenvalue weighted by atomic mass is 9.96. The molecule has 1 aromatic carbocycles. The third-order valence-corrected chi connectivity index (χ3v) is 5.05. The summed E-state index contributed by atoms with van der Waals surface area (Å²) in [6, 6.07) is 1.61. The molecule has 122 valence electrons. The van der Waals surface area contributed by atoms with Crippen LogP contribution in [0.25, 0.3) is 0 Å². The van der Waals surface area contributed by atoms with Crippen LogP contribution in [-0.4, -0.2) is 21.4 Å². The molecule has 0 radical (unpaired) electrons. The standard InChI is InChI=1S/C16H16Cl3N3O/c1-3-5-23-16-11(18)7-10(17)15(19)14(16)9-6-13-21-20-12(4-2)22(13)8-9/h3,7,9H,1,4-6,8H2,2H3. The molecule has 1 aliphatic heterocycles. The highest BCUT2D eigenvalue weighted by Gasteiger charge is 2.32. The van der Waals surface area contributed by atoms with Crippen molar-refractivity contribution >= 4 is 34.8 Å². The quantitative estimate of drug-likeness (QED) is 0.564. The second kappa shape index (κ2) is 6.71. The van der Waals surface area contributed by atoms with Crippen LogP contribution >= 0.6 is 34.8 Å². The van der Waals surface area contributed by atoms with E-state index in [1.54, 1.807) is 12.1 Å². The molecule has 0 saturated carbocycles. The fraction of sp³-hybridized carbons (Fsp3) is 0.375. The average Bonchev–Trinajstić information content (AvgIpc) is 3.09. The summed E-state index contributed by atoms with van der Waals surface area (Å²) in [7, 11) is 0. The van der Waals surface area contributed by atoms with Gasteiger partial charge in [-0.2, -0.15) is 0 Å². The predicted octanol–water partition coefficient (Wildman–Crippen LogP) is 4.71. The van der Waals surface area contributed by atoms with Crippen LogP contribution in [0.2, 0.25) is 15.1 Å². The first-order valence-corrected chi connectivity index (χ1v) is 8.52. The molecule has 3 rings (SSSR count). The van der Waals surface area contributed by atoms with E-state index in [2.05, 4.69) is 28.3 Å². The van der Waals surface area contributed by atoms with Gasteiger partial charge < -0.3 is 9.30 Å². The molecule has 4 nitrogen and oxygen atoms in total. The molecule has 2 heterocycles. The maximum absolute atomic E-state index is 6.47. The van der Waals surface area contributed by atoms with E-state index in [0.717, 1.165) is 36.6 Å². The largest absolute Gasteiger partial charge is 0.488 e. The minimum atomic E-state index is 0.106. The van der Waals surface area contributed by atoms with Gasteiger partial charge in [-0.3, -0.25) is 0 Å². The van der Waals surface area contributed by atoms with E-state index in [-0.39, 0.29) is 5.92 Å². The fourth-order valence-corrected chi connectivity index (χ4v) is 3.77. The number of aryl methyl sites for hydroxylation is 1. The van der Waals surface area contributed by atoms with E-state index >= 15 is 0 Å². The summed E-state index contributed by atoms with van der Waals surface area (Å²) >= 11 is 19.0. The molecule has 0 spiro atoms. The van der Waals surface area contributed by atoms with E-state index in [0.29, 0.717) is 27.4 Å². The normalized spacial score (nSPS) is 16.4. The minimum absolute atomic E-state index is 0.106. The number of rotatable bonds is 5. The fourth-order valence-electron chi connectivity index (χ4n) is 2.95. The Morgan fingerprint density at radius 1 is 1.35 bits per heavy atom. The van der Waals surface area contributed by atoms with Gasteiger partial charge in [0.2, 0.25) is 0 Å². The maximum Gasteiger partial charge on any atom is 0.143 e. The first-order chi connectivity index (χ1) is 11.1. The molecule has 0 aliphatic carbocycles. The molecule has 23 heavy (non-hydrogen) atoms. The molecule has 7 heteroatoms. The van der Waals surface area contributed by atoms with Crippen molar-refractivity contribution in [3.63, 3.8) is 0 Å². The monoisotopic (exact) mass is 371 g/mol. The summed E-state index contributed by atoms with van der Waals surface area (Å²) in [5, 5.41) is 9.82. The van der Waals surface area contributed by atoms with Crippen molar-refractivity contribution in [2.75, 3.05) is 6.61 Å². The third kappa shape index (κ3) is 2.95. The molecule has 0 amide bonds. The Bertz CT molecular complexity index is 758.